The molecule has 4 nitrogen and oxygen atoms in total. The van der Waals surface area contributed by atoms with Crippen molar-refractivity contribution in [3.8, 4) is 0 Å². The minimum Gasteiger partial charge on any atom is -0.387 e. The summed E-state index contributed by atoms with van der Waals surface area (Å²) in [5.74, 6) is 0.802. The third-order valence-electron chi connectivity index (χ3n) is 6.61. The number of nitrogens with zero attached hydrogens (tertiary/aromatic N) is 1. The molecule has 3 heterocycles. The van der Waals surface area contributed by atoms with Crippen molar-refractivity contribution >= 4 is 11.3 Å². The van der Waals surface area contributed by atoms with E-state index in [1.54, 1.807) is 11.8 Å². The van der Waals surface area contributed by atoms with Crippen molar-refractivity contribution in [3.63, 3.8) is 0 Å². The summed E-state index contributed by atoms with van der Waals surface area (Å²) >= 11 is 1.99. The van der Waals surface area contributed by atoms with E-state index in [4.69, 9.17) is 4.74 Å². The maximum absolute atomic E-state index is 10.6. The fourth-order valence-corrected chi connectivity index (χ4v) is 6.10. The number of likely N-dealkylation sites (tertiary alicyclic amines) is 1. The van der Waals surface area contributed by atoms with Gasteiger partial charge in [-0.05, 0) is 50.7 Å². The first-order chi connectivity index (χ1) is 12.0. The molecule has 2 saturated heterocycles. The highest BCUT2D eigenvalue weighted by Crippen LogP contribution is 2.41. The molecule has 140 valence electrons. The number of ether oxygens (including phenoxy) is 1. The Morgan fingerprint density at radius 1 is 1.20 bits per heavy atom. The first kappa shape index (κ1) is 17.9. The zero-order chi connectivity index (χ0) is 17.5. The lowest BCUT2D eigenvalue weighted by Gasteiger charge is -2.51. The molecule has 1 spiro atoms. The van der Waals surface area contributed by atoms with Crippen molar-refractivity contribution in [2.45, 2.75) is 81.6 Å². The summed E-state index contributed by atoms with van der Waals surface area (Å²) < 4.78 is 5.99. The van der Waals surface area contributed by atoms with Gasteiger partial charge in [-0.25, -0.2) is 0 Å². The first-order valence-corrected chi connectivity index (χ1v) is 10.7. The summed E-state index contributed by atoms with van der Waals surface area (Å²) in [6, 6.07) is 4.64. The topological polar surface area (TPSA) is 52.9 Å². The number of aliphatic hydroxyl groups excluding tert-OH is 1. The van der Waals surface area contributed by atoms with Gasteiger partial charge in [-0.2, -0.15) is 0 Å². The number of thiophene rings is 1. The van der Waals surface area contributed by atoms with Crippen LogP contribution in [0.15, 0.2) is 12.1 Å². The number of aliphatic hydroxyl groups is 2. The number of hydrogen-bond donors (Lipinski definition) is 2. The van der Waals surface area contributed by atoms with Crippen LogP contribution in [-0.2, 0) is 11.3 Å². The van der Waals surface area contributed by atoms with Crippen LogP contribution in [0.1, 0.15) is 67.5 Å². The molecule has 2 atom stereocenters. The Labute approximate surface area is 154 Å². The highest BCUT2D eigenvalue weighted by Gasteiger charge is 2.52. The Hall–Kier alpha value is -0.460. The van der Waals surface area contributed by atoms with Gasteiger partial charge in [0.1, 0.15) is 6.10 Å². The molecule has 0 amide bonds. The number of rotatable bonds is 3. The minimum absolute atomic E-state index is 0.513. The molecule has 25 heavy (non-hydrogen) atoms. The quantitative estimate of drug-likeness (QED) is 0.863. The first-order valence-electron chi connectivity index (χ1n) is 9.84. The summed E-state index contributed by atoms with van der Waals surface area (Å²) in [5.41, 5.74) is -1.58. The summed E-state index contributed by atoms with van der Waals surface area (Å²) in [7, 11) is 0. The fraction of sp³-hybridized carbons (Fsp3) is 0.800. The molecule has 3 fully saturated rings. The van der Waals surface area contributed by atoms with E-state index in [9.17, 15) is 10.2 Å². The van der Waals surface area contributed by atoms with Crippen LogP contribution in [0.5, 0.6) is 0 Å². The maximum atomic E-state index is 10.6. The molecule has 0 radical (unpaired) electrons. The van der Waals surface area contributed by atoms with Gasteiger partial charge < -0.3 is 14.9 Å². The van der Waals surface area contributed by atoms with E-state index in [-0.39, 0.29) is 0 Å². The Bertz CT molecular complexity index is 586. The second-order valence-electron chi connectivity index (χ2n) is 8.48. The molecule has 0 bridgehead atoms. The standard InChI is InChI=1S/C20H31NO3S/c1-19(23)10-13-24-20(18(19)22)8-11-21(12-9-20)14-16-6-7-17(25-16)15-4-2-3-5-15/h6-7,15,18,22-23H,2-5,8-14H2,1H3/t18-,19+/m0/s1. The average molecular weight is 366 g/mol. The lowest BCUT2D eigenvalue weighted by Crippen LogP contribution is -2.64. The Balaban J connectivity index is 1.34. The third kappa shape index (κ3) is 3.54. The monoisotopic (exact) mass is 365 g/mol. The zero-order valence-corrected chi connectivity index (χ0v) is 16.1. The number of hydrogen-bond acceptors (Lipinski definition) is 5. The molecule has 4 rings (SSSR count). The molecule has 0 aromatic carbocycles. The maximum Gasteiger partial charge on any atom is 0.111 e. The van der Waals surface area contributed by atoms with Gasteiger partial charge in [0.25, 0.3) is 0 Å². The summed E-state index contributed by atoms with van der Waals surface area (Å²) in [6.45, 7) is 5.12. The molecule has 1 aliphatic carbocycles. The SMILES string of the molecule is C[C@@]1(O)CCOC2(CCN(Cc3ccc(C4CCCC4)s3)CC2)[C@H]1O. The van der Waals surface area contributed by atoms with Crippen LogP contribution in [0.2, 0.25) is 0 Å². The van der Waals surface area contributed by atoms with E-state index in [0.717, 1.165) is 38.4 Å². The highest BCUT2D eigenvalue weighted by molar-refractivity contribution is 7.12. The van der Waals surface area contributed by atoms with E-state index < -0.39 is 17.3 Å². The van der Waals surface area contributed by atoms with E-state index in [1.165, 1.54) is 30.6 Å². The average Bonchev–Trinajstić information content (AvgIpc) is 3.26. The number of piperidine rings is 1. The van der Waals surface area contributed by atoms with Gasteiger partial charge in [0.15, 0.2) is 0 Å². The van der Waals surface area contributed by atoms with Crippen molar-refractivity contribution in [1.29, 1.82) is 0 Å². The predicted molar refractivity (Wildman–Crippen MR) is 100.0 cm³/mol. The molecule has 2 aliphatic heterocycles. The molecule has 2 N–H and O–H groups in total. The lowest BCUT2D eigenvalue weighted by atomic mass is 9.75. The second-order valence-corrected chi connectivity index (χ2v) is 9.68. The van der Waals surface area contributed by atoms with Gasteiger partial charge in [-0.15, -0.1) is 11.3 Å². The van der Waals surface area contributed by atoms with Crippen LogP contribution in [0.4, 0.5) is 0 Å². The van der Waals surface area contributed by atoms with Gasteiger partial charge in [0.05, 0.1) is 17.8 Å². The highest BCUT2D eigenvalue weighted by atomic mass is 32.1. The molecular formula is C20H31NO3S. The minimum atomic E-state index is -1.02. The van der Waals surface area contributed by atoms with E-state index in [0.29, 0.717) is 13.0 Å². The second kappa shape index (κ2) is 6.93. The van der Waals surface area contributed by atoms with Crippen LogP contribution in [0, 0.1) is 0 Å². The van der Waals surface area contributed by atoms with Crippen LogP contribution in [-0.4, -0.2) is 52.1 Å². The summed E-state index contributed by atoms with van der Waals surface area (Å²) in [6.07, 6.45) is 6.82. The third-order valence-corrected chi connectivity index (χ3v) is 7.84. The molecule has 1 aromatic heterocycles. The van der Waals surface area contributed by atoms with Crippen LogP contribution in [0.25, 0.3) is 0 Å². The van der Waals surface area contributed by atoms with Crippen molar-refractivity contribution in [2.24, 2.45) is 0 Å². The van der Waals surface area contributed by atoms with Crippen molar-refractivity contribution in [2.75, 3.05) is 19.7 Å². The van der Waals surface area contributed by atoms with Crippen LogP contribution in [0.3, 0.4) is 0 Å². The van der Waals surface area contributed by atoms with E-state index >= 15 is 0 Å². The Morgan fingerprint density at radius 2 is 1.92 bits per heavy atom. The molecule has 1 aromatic rings. The van der Waals surface area contributed by atoms with Crippen molar-refractivity contribution in [1.82, 2.24) is 4.90 Å². The van der Waals surface area contributed by atoms with Crippen LogP contribution < -0.4 is 0 Å². The predicted octanol–water partition coefficient (Wildman–Crippen LogP) is 3.27. The van der Waals surface area contributed by atoms with E-state index in [2.05, 4.69) is 17.0 Å². The Morgan fingerprint density at radius 3 is 2.64 bits per heavy atom. The molecule has 1 saturated carbocycles. The Kier molecular flexibility index (Phi) is 4.97. The van der Waals surface area contributed by atoms with Gasteiger partial charge in [-0.1, -0.05) is 12.8 Å². The van der Waals surface area contributed by atoms with Crippen molar-refractivity contribution in [3.05, 3.63) is 21.9 Å². The molecular weight excluding hydrogens is 334 g/mol. The normalized spacial score (nSPS) is 34.0. The van der Waals surface area contributed by atoms with Crippen LogP contribution >= 0.6 is 11.3 Å². The molecule has 3 aliphatic rings. The fourth-order valence-electron chi connectivity index (χ4n) is 4.88. The van der Waals surface area contributed by atoms with Gasteiger partial charge in [-0.3, -0.25) is 4.90 Å². The largest absolute Gasteiger partial charge is 0.387 e. The zero-order valence-electron chi connectivity index (χ0n) is 15.2. The van der Waals surface area contributed by atoms with E-state index in [1.807, 2.05) is 11.3 Å². The van der Waals surface area contributed by atoms with Crippen molar-refractivity contribution < 1.29 is 14.9 Å². The van der Waals surface area contributed by atoms with Gasteiger partial charge >= 0.3 is 0 Å². The summed E-state index contributed by atoms with van der Waals surface area (Å²) in [5, 5.41) is 21.0. The lowest BCUT2D eigenvalue weighted by molar-refractivity contribution is -0.246. The molecule has 0 unspecified atom stereocenters. The van der Waals surface area contributed by atoms with Gasteiger partial charge in [0.2, 0.25) is 0 Å². The smallest absolute Gasteiger partial charge is 0.111 e. The molecule has 5 heteroatoms. The summed E-state index contributed by atoms with van der Waals surface area (Å²) in [4.78, 5) is 5.49. The van der Waals surface area contributed by atoms with Gasteiger partial charge in [0, 0.05) is 35.8 Å².